The molecule has 1 unspecified atom stereocenters. The summed E-state index contributed by atoms with van der Waals surface area (Å²) in [6.45, 7) is 5.17. The smallest absolute Gasteiger partial charge is 0.323 e. The summed E-state index contributed by atoms with van der Waals surface area (Å²) < 4.78 is 6.94. The maximum atomic E-state index is 12.2. The molecule has 3 rings (SSSR count). The Kier molecular flexibility index (Phi) is 4.94. The third-order valence-corrected chi connectivity index (χ3v) is 4.81. The minimum atomic E-state index is -1.20. The Bertz CT molecular complexity index is 926. The number of nitriles is 1. The second-order valence-electron chi connectivity index (χ2n) is 7.98. The highest BCUT2D eigenvalue weighted by molar-refractivity contribution is 5.85. The lowest BCUT2D eigenvalue weighted by molar-refractivity contribution is -0.158. The molecule has 8 heteroatoms. The molecule has 0 saturated heterocycles. The van der Waals surface area contributed by atoms with Crippen LogP contribution in [0.4, 0.5) is 0 Å². The van der Waals surface area contributed by atoms with Crippen molar-refractivity contribution < 1.29 is 19.4 Å². The molecule has 1 fully saturated rings. The van der Waals surface area contributed by atoms with Gasteiger partial charge in [-0.2, -0.15) is 5.26 Å². The summed E-state index contributed by atoms with van der Waals surface area (Å²) in [4.78, 5) is 32.8. The molecule has 0 aliphatic heterocycles. The van der Waals surface area contributed by atoms with Crippen molar-refractivity contribution in [2.75, 3.05) is 0 Å². The Morgan fingerprint density at radius 1 is 1.43 bits per heavy atom. The number of esters is 1. The van der Waals surface area contributed by atoms with Crippen LogP contribution in [0.15, 0.2) is 36.9 Å². The number of carboxylic acids is 1. The van der Waals surface area contributed by atoms with Gasteiger partial charge in [-0.05, 0) is 51.7 Å². The molecular weight excluding hydrogens is 360 g/mol. The average Bonchev–Trinajstić information content (AvgIpc) is 3.14. The Hall–Kier alpha value is -3.21. The summed E-state index contributed by atoms with van der Waals surface area (Å²) in [5, 5.41) is 19.2. The summed E-state index contributed by atoms with van der Waals surface area (Å²) >= 11 is 0. The lowest BCUT2D eigenvalue weighted by Gasteiger charge is -2.21. The first-order valence-electron chi connectivity index (χ1n) is 8.99. The van der Waals surface area contributed by atoms with Crippen molar-refractivity contribution in [3.63, 3.8) is 0 Å². The van der Waals surface area contributed by atoms with Crippen molar-refractivity contribution in [3.05, 3.63) is 42.6 Å². The van der Waals surface area contributed by atoms with E-state index in [9.17, 15) is 20.0 Å². The minimum absolute atomic E-state index is 0.119. The standard InChI is InChI=1S/C20H22N4O4/c1-19(2,3)28-17(25)13(10-21)8-14-9-20(14,18(26)27)15-11-24(12-23-15)16-6-4-5-7-22-16/h4-7,11-14H,8-9H2,1-3H3,(H,26,27)/t13?,14-,20+/m0/s1. The van der Waals surface area contributed by atoms with Crippen LogP contribution in [0.2, 0.25) is 0 Å². The first kappa shape index (κ1) is 19.5. The van der Waals surface area contributed by atoms with Gasteiger partial charge in [-0.1, -0.05) is 6.07 Å². The Labute approximate surface area is 162 Å². The Morgan fingerprint density at radius 3 is 2.75 bits per heavy atom. The molecule has 0 spiro atoms. The number of rotatable bonds is 6. The fourth-order valence-electron chi connectivity index (χ4n) is 3.34. The molecule has 2 aromatic rings. The lowest BCUT2D eigenvalue weighted by Crippen LogP contribution is -2.30. The second-order valence-corrected chi connectivity index (χ2v) is 7.98. The van der Waals surface area contributed by atoms with E-state index in [1.54, 1.807) is 49.9 Å². The number of aromatic nitrogens is 3. The first-order valence-corrected chi connectivity index (χ1v) is 8.99. The van der Waals surface area contributed by atoms with E-state index < -0.39 is 28.9 Å². The van der Waals surface area contributed by atoms with Gasteiger partial charge in [0.25, 0.3) is 0 Å². The maximum Gasteiger partial charge on any atom is 0.323 e. The van der Waals surface area contributed by atoms with Gasteiger partial charge in [0.05, 0.1) is 11.8 Å². The van der Waals surface area contributed by atoms with Gasteiger partial charge < -0.3 is 9.84 Å². The van der Waals surface area contributed by atoms with Crippen LogP contribution in [0, 0.1) is 23.2 Å². The maximum absolute atomic E-state index is 12.2. The van der Waals surface area contributed by atoms with Crippen LogP contribution >= 0.6 is 0 Å². The van der Waals surface area contributed by atoms with Crippen molar-refractivity contribution in [2.24, 2.45) is 11.8 Å². The first-order chi connectivity index (χ1) is 13.2. The third kappa shape index (κ3) is 3.74. The van der Waals surface area contributed by atoms with Crippen LogP contribution in [0.5, 0.6) is 0 Å². The number of hydrogen-bond acceptors (Lipinski definition) is 6. The molecular formula is C20H22N4O4. The average molecular weight is 382 g/mol. The second kappa shape index (κ2) is 7.08. The number of carbonyl (C=O) groups excluding carboxylic acids is 1. The lowest BCUT2D eigenvalue weighted by atomic mass is 9.94. The molecule has 0 bridgehead atoms. The van der Waals surface area contributed by atoms with Gasteiger partial charge in [0, 0.05) is 12.4 Å². The van der Waals surface area contributed by atoms with E-state index in [4.69, 9.17) is 4.74 Å². The fraction of sp³-hybridized carbons (Fsp3) is 0.450. The molecule has 1 aliphatic rings. The van der Waals surface area contributed by atoms with Crippen LogP contribution in [0.25, 0.3) is 5.82 Å². The van der Waals surface area contributed by atoms with Crippen LogP contribution in [0.3, 0.4) is 0 Å². The molecule has 8 nitrogen and oxygen atoms in total. The zero-order valence-electron chi connectivity index (χ0n) is 16.0. The highest BCUT2D eigenvalue weighted by Gasteiger charge is 2.63. The largest absolute Gasteiger partial charge is 0.481 e. The number of pyridine rings is 1. The van der Waals surface area contributed by atoms with Gasteiger partial charge in [0.15, 0.2) is 0 Å². The Balaban J connectivity index is 1.79. The van der Waals surface area contributed by atoms with E-state index in [1.165, 1.54) is 6.33 Å². The Morgan fingerprint density at radius 2 is 2.18 bits per heavy atom. The third-order valence-electron chi connectivity index (χ3n) is 4.81. The predicted molar refractivity (Wildman–Crippen MR) is 98.3 cm³/mol. The SMILES string of the molecule is CC(C)(C)OC(=O)C(C#N)C[C@H]1C[C@]1(C(=O)O)c1cn(-c2ccccn2)cn1. The fourth-order valence-corrected chi connectivity index (χ4v) is 3.34. The zero-order valence-corrected chi connectivity index (χ0v) is 16.0. The topological polar surface area (TPSA) is 118 Å². The summed E-state index contributed by atoms with van der Waals surface area (Å²) in [5.41, 5.74) is -1.50. The quantitative estimate of drug-likeness (QED) is 0.762. The minimum Gasteiger partial charge on any atom is -0.481 e. The van der Waals surface area contributed by atoms with Crippen LogP contribution in [0.1, 0.15) is 39.3 Å². The van der Waals surface area contributed by atoms with E-state index >= 15 is 0 Å². The summed E-state index contributed by atoms with van der Waals surface area (Å²) in [7, 11) is 0. The monoisotopic (exact) mass is 382 g/mol. The number of imidazole rings is 1. The summed E-state index contributed by atoms with van der Waals surface area (Å²) in [6.07, 6.45) is 5.25. The predicted octanol–water partition coefficient (Wildman–Crippen LogP) is 2.48. The number of ether oxygens (including phenoxy) is 1. The van der Waals surface area contributed by atoms with E-state index in [0.29, 0.717) is 17.9 Å². The summed E-state index contributed by atoms with van der Waals surface area (Å²) in [6, 6.07) is 7.36. The highest BCUT2D eigenvalue weighted by Crippen LogP contribution is 2.57. The van der Waals surface area contributed by atoms with Crippen LogP contribution < -0.4 is 0 Å². The van der Waals surface area contributed by atoms with Gasteiger partial charge in [0.1, 0.15) is 29.1 Å². The normalized spacial score (nSPS) is 22.1. The molecule has 1 saturated carbocycles. The van der Waals surface area contributed by atoms with E-state index in [-0.39, 0.29) is 12.3 Å². The van der Waals surface area contributed by atoms with Crippen molar-refractivity contribution in [3.8, 4) is 11.9 Å². The molecule has 1 N–H and O–H groups in total. The number of carbonyl (C=O) groups is 2. The molecule has 0 amide bonds. The van der Waals surface area contributed by atoms with Gasteiger partial charge in [-0.25, -0.2) is 9.97 Å². The molecule has 2 heterocycles. The van der Waals surface area contributed by atoms with Gasteiger partial charge >= 0.3 is 11.9 Å². The number of nitrogens with zero attached hydrogens (tertiary/aromatic N) is 4. The zero-order chi connectivity index (χ0) is 20.5. The van der Waals surface area contributed by atoms with Crippen LogP contribution in [-0.4, -0.2) is 37.2 Å². The van der Waals surface area contributed by atoms with Crippen molar-refractivity contribution in [1.82, 2.24) is 14.5 Å². The molecule has 28 heavy (non-hydrogen) atoms. The van der Waals surface area contributed by atoms with E-state index in [2.05, 4.69) is 9.97 Å². The molecule has 3 atom stereocenters. The van der Waals surface area contributed by atoms with Crippen molar-refractivity contribution in [1.29, 1.82) is 5.26 Å². The summed E-state index contributed by atoms with van der Waals surface area (Å²) in [5.74, 6) is -2.38. The number of hydrogen-bond donors (Lipinski definition) is 1. The molecule has 0 radical (unpaired) electrons. The number of carboxylic acid groups (broad SMARTS) is 1. The highest BCUT2D eigenvalue weighted by atomic mass is 16.6. The van der Waals surface area contributed by atoms with Gasteiger partial charge in [0.2, 0.25) is 0 Å². The van der Waals surface area contributed by atoms with Gasteiger partial charge in [-0.15, -0.1) is 0 Å². The van der Waals surface area contributed by atoms with Crippen LogP contribution in [-0.2, 0) is 19.7 Å². The molecule has 0 aromatic carbocycles. The molecule has 1 aliphatic carbocycles. The van der Waals surface area contributed by atoms with E-state index in [1.807, 2.05) is 12.1 Å². The molecule has 146 valence electrons. The van der Waals surface area contributed by atoms with Crippen molar-refractivity contribution >= 4 is 11.9 Å². The van der Waals surface area contributed by atoms with Gasteiger partial charge in [-0.3, -0.25) is 14.2 Å². The number of aliphatic carboxylic acids is 1. The molecule has 2 aromatic heterocycles. The van der Waals surface area contributed by atoms with E-state index in [0.717, 1.165) is 0 Å². The van der Waals surface area contributed by atoms with Crippen molar-refractivity contribution in [2.45, 2.75) is 44.6 Å².